The minimum absolute atomic E-state index is 0.0780. The molecule has 3 aromatic rings. The van der Waals surface area contributed by atoms with Gasteiger partial charge in [-0.1, -0.05) is 54.6 Å². The van der Waals surface area contributed by atoms with Gasteiger partial charge >= 0.3 is 5.97 Å². The van der Waals surface area contributed by atoms with E-state index in [9.17, 15) is 9.59 Å². The molecule has 0 fully saturated rings. The molecule has 3 rings (SSSR count). The molecule has 5 nitrogen and oxygen atoms in total. The van der Waals surface area contributed by atoms with Crippen LogP contribution in [0, 0.1) is 6.92 Å². The number of aryl methyl sites for hydroxylation is 1. The Morgan fingerprint density at radius 3 is 2.36 bits per heavy atom. The lowest BCUT2D eigenvalue weighted by Gasteiger charge is -2.13. The van der Waals surface area contributed by atoms with E-state index in [-0.39, 0.29) is 12.5 Å². The smallest absolute Gasteiger partial charge is 0.337 e. The molecular formula is C23H22N2O3. The molecule has 0 saturated heterocycles. The van der Waals surface area contributed by atoms with Crippen LogP contribution in [0.5, 0.6) is 0 Å². The predicted molar refractivity (Wildman–Crippen MR) is 112 cm³/mol. The molecule has 28 heavy (non-hydrogen) atoms. The lowest BCUT2D eigenvalue weighted by atomic mass is 10.0. The van der Waals surface area contributed by atoms with Crippen molar-refractivity contribution in [2.45, 2.75) is 6.92 Å². The highest BCUT2D eigenvalue weighted by atomic mass is 16.5. The minimum Gasteiger partial charge on any atom is -0.465 e. The van der Waals surface area contributed by atoms with Crippen LogP contribution in [0.15, 0.2) is 72.8 Å². The normalized spacial score (nSPS) is 10.2. The number of rotatable bonds is 6. The van der Waals surface area contributed by atoms with Gasteiger partial charge in [0, 0.05) is 16.9 Å². The molecule has 0 saturated carbocycles. The number of anilines is 2. The number of para-hydroxylation sites is 1. The van der Waals surface area contributed by atoms with E-state index in [4.69, 9.17) is 4.74 Å². The van der Waals surface area contributed by atoms with Gasteiger partial charge < -0.3 is 15.4 Å². The Balaban J connectivity index is 1.70. The second-order valence-electron chi connectivity index (χ2n) is 6.33. The Kier molecular flexibility index (Phi) is 6.07. The van der Waals surface area contributed by atoms with Gasteiger partial charge in [-0.2, -0.15) is 0 Å². The molecule has 3 aromatic carbocycles. The molecule has 5 heteroatoms. The zero-order valence-corrected chi connectivity index (χ0v) is 15.9. The zero-order chi connectivity index (χ0) is 19.9. The first-order chi connectivity index (χ1) is 13.6. The number of carbonyl (C=O) groups is 2. The van der Waals surface area contributed by atoms with Crippen molar-refractivity contribution in [2.24, 2.45) is 0 Å². The largest absolute Gasteiger partial charge is 0.465 e. The molecule has 142 valence electrons. The first kappa shape index (κ1) is 19.2. The van der Waals surface area contributed by atoms with Gasteiger partial charge in [-0.25, -0.2) is 4.79 Å². The molecule has 0 aliphatic carbocycles. The van der Waals surface area contributed by atoms with Crippen molar-refractivity contribution in [1.82, 2.24) is 0 Å². The van der Waals surface area contributed by atoms with E-state index in [1.54, 1.807) is 12.1 Å². The summed E-state index contributed by atoms with van der Waals surface area (Å²) in [4.78, 5) is 24.2. The second kappa shape index (κ2) is 8.86. The number of amides is 1. The minimum atomic E-state index is -0.413. The summed E-state index contributed by atoms with van der Waals surface area (Å²) < 4.78 is 4.74. The average Bonchev–Trinajstić information content (AvgIpc) is 2.73. The summed E-state index contributed by atoms with van der Waals surface area (Å²) in [5.41, 5.74) is 4.83. The number of hydrogen-bond donors (Lipinski definition) is 2. The molecule has 2 N–H and O–H groups in total. The summed E-state index contributed by atoms with van der Waals surface area (Å²) in [5, 5.41) is 6.05. The van der Waals surface area contributed by atoms with Crippen molar-refractivity contribution >= 4 is 23.3 Å². The van der Waals surface area contributed by atoms with Gasteiger partial charge in [-0.05, 0) is 36.2 Å². The molecule has 0 heterocycles. The number of methoxy groups -OCH3 is 1. The van der Waals surface area contributed by atoms with E-state index in [1.807, 2.05) is 67.6 Å². The van der Waals surface area contributed by atoms with E-state index in [1.165, 1.54) is 7.11 Å². The monoisotopic (exact) mass is 374 g/mol. The van der Waals surface area contributed by atoms with Crippen molar-refractivity contribution in [2.75, 3.05) is 24.3 Å². The highest BCUT2D eigenvalue weighted by Crippen LogP contribution is 2.27. The summed E-state index contributed by atoms with van der Waals surface area (Å²) >= 11 is 0. The van der Waals surface area contributed by atoms with Crippen LogP contribution in [-0.2, 0) is 9.53 Å². The van der Waals surface area contributed by atoms with Crippen molar-refractivity contribution < 1.29 is 14.3 Å². The summed E-state index contributed by atoms with van der Waals surface area (Å²) in [7, 11) is 1.34. The van der Waals surface area contributed by atoms with Crippen LogP contribution in [0.1, 0.15) is 15.9 Å². The standard InChI is InChI=1S/C23H22N2O3/c1-16-12-13-18(23(27)28-2)14-21(16)24-15-22(26)25-20-11-7-6-10-19(20)17-8-4-3-5-9-17/h3-14,24H,15H2,1-2H3,(H,25,26). The lowest BCUT2D eigenvalue weighted by molar-refractivity contribution is -0.114. The highest BCUT2D eigenvalue weighted by Gasteiger charge is 2.11. The first-order valence-corrected chi connectivity index (χ1v) is 8.95. The van der Waals surface area contributed by atoms with Crippen molar-refractivity contribution in [3.8, 4) is 11.1 Å². The maximum Gasteiger partial charge on any atom is 0.337 e. The van der Waals surface area contributed by atoms with Gasteiger partial charge in [0.05, 0.1) is 19.2 Å². The Bertz CT molecular complexity index is 984. The number of esters is 1. The molecule has 0 atom stereocenters. The SMILES string of the molecule is COC(=O)c1ccc(C)c(NCC(=O)Nc2ccccc2-c2ccccc2)c1. The topological polar surface area (TPSA) is 67.4 Å². The van der Waals surface area contributed by atoms with Gasteiger partial charge in [-0.3, -0.25) is 4.79 Å². The number of hydrogen-bond acceptors (Lipinski definition) is 4. The van der Waals surface area contributed by atoms with Crippen molar-refractivity contribution in [3.63, 3.8) is 0 Å². The first-order valence-electron chi connectivity index (χ1n) is 8.95. The molecule has 1 amide bonds. The molecule has 0 radical (unpaired) electrons. The molecule has 0 aliphatic heterocycles. The Morgan fingerprint density at radius 1 is 0.893 bits per heavy atom. The van der Waals surface area contributed by atoms with Gasteiger partial charge in [0.15, 0.2) is 0 Å². The van der Waals surface area contributed by atoms with Crippen LogP contribution in [0.3, 0.4) is 0 Å². The van der Waals surface area contributed by atoms with E-state index in [2.05, 4.69) is 10.6 Å². The maximum absolute atomic E-state index is 12.5. The number of benzene rings is 3. The zero-order valence-electron chi connectivity index (χ0n) is 15.9. The fraction of sp³-hybridized carbons (Fsp3) is 0.130. The predicted octanol–water partition coefficient (Wildman–Crippen LogP) is 4.50. The van der Waals surface area contributed by atoms with Crippen molar-refractivity contribution in [3.05, 3.63) is 83.9 Å². The molecular weight excluding hydrogens is 352 g/mol. The van der Waals surface area contributed by atoms with E-state index >= 15 is 0 Å². The third kappa shape index (κ3) is 4.57. The Hall–Kier alpha value is -3.60. The molecule has 0 aliphatic rings. The highest BCUT2D eigenvalue weighted by molar-refractivity contribution is 5.98. The molecule has 0 spiro atoms. The quantitative estimate of drug-likeness (QED) is 0.624. The summed E-state index contributed by atoms with van der Waals surface area (Å²) in [5.74, 6) is -0.587. The van der Waals surface area contributed by atoms with Gasteiger partial charge in [0.1, 0.15) is 0 Å². The van der Waals surface area contributed by atoms with Crippen LogP contribution in [-0.4, -0.2) is 25.5 Å². The van der Waals surface area contributed by atoms with E-state index in [0.29, 0.717) is 5.56 Å². The van der Waals surface area contributed by atoms with Gasteiger partial charge in [0.25, 0.3) is 0 Å². The third-order valence-corrected chi connectivity index (χ3v) is 4.38. The lowest BCUT2D eigenvalue weighted by Crippen LogP contribution is -2.22. The number of carbonyl (C=O) groups excluding carboxylic acids is 2. The van der Waals surface area contributed by atoms with Crippen LogP contribution in [0.4, 0.5) is 11.4 Å². The van der Waals surface area contributed by atoms with Crippen LogP contribution >= 0.6 is 0 Å². The molecule has 0 aromatic heterocycles. The van der Waals surface area contributed by atoms with Crippen LogP contribution < -0.4 is 10.6 Å². The summed E-state index contributed by atoms with van der Waals surface area (Å²) in [6.45, 7) is 1.99. The fourth-order valence-electron chi connectivity index (χ4n) is 2.89. The van der Waals surface area contributed by atoms with Gasteiger partial charge in [0.2, 0.25) is 5.91 Å². The average molecular weight is 374 g/mol. The Morgan fingerprint density at radius 2 is 1.61 bits per heavy atom. The molecule has 0 unspecified atom stereocenters. The van der Waals surface area contributed by atoms with E-state index < -0.39 is 5.97 Å². The summed E-state index contributed by atoms with van der Waals surface area (Å²) in [6.07, 6.45) is 0. The van der Waals surface area contributed by atoms with E-state index in [0.717, 1.165) is 28.1 Å². The molecule has 0 bridgehead atoms. The second-order valence-corrected chi connectivity index (χ2v) is 6.33. The van der Waals surface area contributed by atoms with Crippen LogP contribution in [0.2, 0.25) is 0 Å². The number of nitrogens with one attached hydrogen (secondary N) is 2. The maximum atomic E-state index is 12.5. The van der Waals surface area contributed by atoms with Crippen LogP contribution in [0.25, 0.3) is 11.1 Å². The fourth-order valence-corrected chi connectivity index (χ4v) is 2.89. The number of ether oxygens (including phenoxy) is 1. The van der Waals surface area contributed by atoms with Gasteiger partial charge in [-0.15, -0.1) is 0 Å². The third-order valence-electron chi connectivity index (χ3n) is 4.38. The summed E-state index contributed by atoms with van der Waals surface area (Å²) in [6, 6.07) is 22.8. The van der Waals surface area contributed by atoms with Crippen molar-refractivity contribution in [1.29, 1.82) is 0 Å². The Labute approximate surface area is 164 Å².